The average molecular weight is 507 g/mol. The zero-order valence-corrected chi connectivity index (χ0v) is 21.3. The fourth-order valence-electron chi connectivity index (χ4n) is 4.69. The molecule has 0 spiro atoms. The lowest BCUT2D eigenvalue weighted by molar-refractivity contribution is -0.142. The first-order chi connectivity index (χ1) is 16.9. The molecular weight excluding hydrogens is 471 g/mol. The number of halogens is 1. The molecule has 10 heteroatoms. The van der Waals surface area contributed by atoms with Gasteiger partial charge in [-0.3, -0.25) is 9.69 Å². The third kappa shape index (κ3) is 5.91. The topological polar surface area (TPSA) is 106 Å². The number of carboxylic acid groups (broad SMARTS) is 1. The number of carboxylic acids is 1. The second-order valence-electron chi connectivity index (χ2n) is 10.9. The zero-order valence-electron chi connectivity index (χ0n) is 21.3. The molecule has 198 valence electrons. The molecule has 0 bridgehead atoms. The maximum Gasteiger partial charge on any atom is 0.410 e. The van der Waals surface area contributed by atoms with E-state index in [4.69, 9.17) is 14.2 Å². The van der Waals surface area contributed by atoms with Gasteiger partial charge in [-0.25, -0.2) is 14.0 Å². The van der Waals surface area contributed by atoms with E-state index >= 15 is 4.39 Å². The summed E-state index contributed by atoms with van der Waals surface area (Å²) >= 11 is 0. The molecule has 0 unspecified atom stereocenters. The highest BCUT2D eigenvalue weighted by Gasteiger charge is 2.42. The smallest absolute Gasteiger partial charge is 0.410 e. The summed E-state index contributed by atoms with van der Waals surface area (Å²) < 4.78 is 31.9. The van der Waals surface area contributed by atoms with Gasteiger partial charge in [0.2, 0.25) is 0 Å². The van der Waals surface area contributed by atoms with E-state index in [2.05, 4.69) is 0 Å². The molecule has 2 atom stereocenters. The Labute approximate surface area is 210 Å². The third-order valence-electron chi connectivity index (χ3n) is 6.86. The van der Waals surface area contributed by atoms with Crippen LogP contribution in [-0.4, -0.2) is 77.1 Å². The molecule has 2 aliphatic heterocycles. The van der Waals surface area contributed by atoms with Gasteiger partial charge in [0.15, 0.2) is 6.04 Å². The first-order valence-corrected chi connectivity index (χ1v) is 12.5. The van der Waals surface area contributed by atoms with Crippen molar-refractivity contribution in [3.8, 4) is 5.75 Å². The Bertz CT molecular complexity index is 1010. The van der Waals surface area contributed by atoms with Crippen molar-refractivity contribution in [2.24, 2.45) is 5.92 Å². The van der Waals surface area contributed by atoms with E-state index in [9.17, 15) is 19.5 Å². The van der Waals surface area contributed by atoms with Gasteiger partial charge in [0.1, 0.15) is 23.9 Å². The average Bonchev–Trinajstić information content (AvgIpc) is 3.57. The number of nitrogens with zero attached hydrogens (tertiary/aromatic N) is 2. The standard InChI is InChI=1S/C26H35FN2O7/c1-15-22(24(31)32)29(14-35-15)23(30)19-11-18(17-5-6-17)21(12-20(19)27)34-13-16-7-9-28(10-8-16)25(33)36-26(2,3)4/h11-12,15-17,22H,5-10,13-14H2,1-4H3,(H,31,32)/t15-,22+/m1/s1. The predicted octanol–water partition coefficient (Wildman–Crippen LogP) is 4.00. The molecule has 0 radical (unpaired) electrons. The molecule has 9 nitrogen and oxygen atoms in total. The minimum Gasteiger partial charge on any atom is -0.493 e. The van der Waals surface area contributed by atoms with Crippen LogP contribution in [0.4, 0.5) is 9.18 Å². The van der Waals surface area contributed by atoms with Crippen molar-refractivity contribution in [3.63, 3.8) is 0 Å². The van der Waals surface area contributed by atoms with Crippen molar-refractivity contribution < 1.29 is 38.1 Å². The maximum atomic E-state index is 15.1. The predicted molar refractivity (Wildman–Crippen MR) is 127 cm³/mol. The number of amides is 2. The highest BCUT2D eigenvalue weighted by molar-refractivity contribution is 5.97. The van der Waals surface area contributed by atoms with Crippen LogP contribution in [0.15, 0.2) is 12.1 Å². The first kappa shape index (κ1) is 26.2. The Morgan fingerprint density at radius 1 is 1.14 bits per heavy atom. The fourth-order valence-corrected chi connectivity index (χ4v) is 4.69. The number of benzene rings is 1. The molecule has 1 aromatic carbocycles. The van der Waals surface area contributed by atoms with Crippen molar-refractivity contribution in [1.29, 1.82) is 0 Å². The molecule has 3 fully saturated rings. The molecule has 2 heterocycles. The van der Waals surface area contributed by atoms with E-state index in [0.717, 1.165) is 36.1 Å². The highest BCUT2D eigenvalue weighted by atomic mass is 19.1. The summed E-state index contributed by atoms with van der Waals surface area (Å²) in [6.07, 6.45) is 2.35. The number of rotatable bonds is 6. The fraction of sp³-hybridized carbons (Fsp3) is 0.654. The second-order valence-corrected chi connectivity index (χ2v) is 10.9. The summed E-state index contributed by atoms with van der Waals surface area (Å²) in [6.45, 7) is 8.42. The summed E-state index contributed by atoms with van der Waals surface area (Å²) in [6, 6.07) is 1.59. The Kier molecular flexibility index (Phi) is 7.45. The van der Waals surface area contributed by atoms with E-state index in [-0.39, 0.29) is 30.2 Å². The van der Waals surface area contributed by atoms with Crippen molar-refractivity contribution in [1.82, 2.24) is 9.80 Å². The van der Waals surface area contributed by atoms with Crippen LogP contribution in [0.3, 0.4) is 0 Å². The summed E-state index contributed by atoms with van der Waals surface area (Å²) in [5.74, 6) is -1.82. The summed E-state index contributed by atoms with van der Waals surface area (Å²) in [5, 5.41) is 9.49. The molecule has 1 N–H and O–H groups in total. The number of carbonyl (C=O) groups is 3. The molecular formula is C26H35FN2O7. The number of aliphatic carboxylic acids is 1. The van der Waals surface area contributed by atoms with Crippen LogP contribution in [-0.2, 0) is 14.3 Å². The molecule has 0 aromatic heterocycles. The first-order valence-electron chi connectivity index (χ1n) is 12.5. The van der Waals surface area contributed by atoms with E-state index < -0.39 is 35.4 Å². The Hall–Kier alpha value is -2.88. The number of piperidine rings is 1. The second kappa shape index (κ2) is 10.2. The molecule has 1 aliphatic carbocycles. The van der Waals surface area contributed by atoms with Crippen molar-refractivity contribution >= 4 is 18.0 Å². The minimum absolute atomic E-state index is 0.168. The van der Waals surface area contributed by atoms with Crippen LogP contribution in [0.5, 0.6) is 5.75 Å². The van der Waals surface area contributed by atoms with E-state index in [1.54, 1.807) is 11.8 Å². The lowest BCUT2D eigenvalue weighted by Gasteiger charge is -2.33. The van der Waals surface area contributed by atoms with Gasteiger partial charge in [-0.15, -0.1) is 0 Å². The summed E-state index contributed by atoms with van der Waals surface area (Å²) in [4.78, 5) is 39.7. The van der Waals surface area contributed by atoms with Gasteiger partial charge in [0, 0.05) is 19.2 Å². The molecule has 36 heavy (non-hydrogen) atoms. The van der Waals surface area contributed by atoms with Crippen LogP contribution in [0.25, 0.3) is 0 Å². The van der Waals surface area contributed by atoms with E-state index in [1.165, 1.54) is 12.1 Å². The van der Waals surface area contributed by atoms with Crippen molar-refractivity contribution in [2.75, 3.05) is 26.4 Å². The number of likely N-dealkylation sites (tertiary alicyclic amines) is 1. The van der Waals surface area contributed by atoms with Gasteiger partial charge < -0.3 is 24.2 Å². The largest absolute Gasteiger partial charge is 0.493 e. The zero-order chi connectivity index (χ0) is 26.2. The number of hydrogen-bond acceptors (Lipinski definition) is 6. The van der Waals surface area contributed by atoms with Crippen LogP contribution in [0.1, 0.15) is 75.2 Å². The summed E-state index contributed by atoms with van der Waals surface area (Å²) in [7, 11) is 0. The SMILES string of the molecule is C[C@H]1OCN(C(=O)c2cc(C3CC3)c(OCC3CCN(C(=O)OC(C)(C)C)CC3)cc2F)[C@@H]1C(=O)O. The van der Waals surface area contributed by atoms with E-state index in [0.29, 0.717) is 25.4 Å². The molecule has 2 amide bonds. The van der Waals surface area contributed by atoms with Gasteiger partial charge in [0.05, 0.1) is 18.3 Å². The van der Waals surface area contributed by atoms with Crippen LogP contribution >= 0.6 is 0 Å². The lowest BCUT2D eigenvalue weighted by Crippen LogP contribution is -2.44. The Morgan fingerprint density at radius 3 is 2.39 bits per heavy atom. The molecule has 2 saturated heterocycles. The van der Waals surface area contributed by atoms with Crippen molar-refractivity contribution in [3.05, 3.63) is 29.1 Å². The van der Waals surface area contributed by atoms with Gasteiger partial charge in [-0.1, -0.05) is 0 Å². The van der Waals surface area contributed by atoms with Gasteiger partial charge in [-0.2, -0.15) is 0 Å². The Balaban J connectivity index is 1.41. The number of hydrogen-bond donors (Lipinski definition) is 1. The van der Waals surface area contributed by atoms with E-state index in [1.807, 2.05) is 20.8 Å². The van der Waals surface area contributed by atoms with Crippen LogP contribution in [0, 0.1) is 11.7 Å². The molecule has 4 rings (SSSR count). The maximum absolute atomic E-state index is 15.1. The summed E-state index contributed by atoms with van der Waals surface area (Å²) in [5.41, 5.74) is 0.0625. The Morgan fingerprint density at radius 2 is 1.81 bits per heavy atom. The van der Waals surface area contributed by atoms with Gasteiger partial charge in [0.25, 0.3) is 5.91 Å². The van der Waals surface area contributed by atoms with Crippen LogP contribution < -0.4 is 4.74 Å². The monoisotopic (exact) mass is 506 g/mol. The minimum atomic E-state index is -1.19. The number of ether oxygens (including phenoxy) is 3. The quantitative estimate of drug-likeness (QED) is 0.622. The number of carbonyl (C=O) groups excluding carboxylic acids is 2. The normalized spacial score (nSPS) is 23.0. The molecule has 1 aromatic rings. The van der Waals surface area contributed by atoms with Crippen molar-refractivity contribution in [2.45, 2.75) is 77.0 Å². The highest BCUT2D eigenvalue weighted by Crippen LogP contribution is 2.45. The van der Waals surface area contributed by atoms with Gasteiger partial charge in [-0.05, 0) is 76.8 Å². The third-order valence-corrected chi connectivity index (χ3v) is 6.86. The molecule has 3 aliphatic rings. The van der Waals surface area contributed by atoms with Crippen LogP contribution in [0.2, 0.25) is 0 Å². The molecule has 1 saturated carbocycles. The lowest BCUT2D eigenvalue weighted by atomic mass is 9.98. The van der Waals surface area contributed by atoms with Gasteiger partial charge >= 0.3 is 12.1 Å².